The molecule has 2 atom stereocenters. The molecule has 9 heteroatoms. The summed E-state index contributed by atoms with van der Waals surface area (Å²) in [6, 6.07) is 6.44. The SMILES string of the molecule is CC[C@@H](C)c1ccc(S(=O)(=O)N2CC[NH+]([C@H](C)C(=O)N3CCNC3=O)CC2)cc1. The number of benzene rings is 1. The van der Waals surface area contributed by atoms with Gasteiger partial charge in [-0.2, -0.15) is 4.31 Å². The van der Waals surface area contributed by atoms with Crippen molar-refractivity contribution < 1.29 is 22.9 Å². The van der Waals surface area contributed by atoms with Crippen LogP contribution in [0.1, 0.15) is 38.7 Å². The molecule has 29 heavy (non-hydrogen) atoms. The fraction of sp³-hybridized carbons (Fsp3) is 0.600. The predicted octanol–water partition coefficient (Wildman–Crippen LogP) is 0.0296. The molecule has 2 heterocycles. The van der Waals surface area contributed by atoms with Gasteiger partial charge in [0.05, 0.1) is 31.1 Å². The normalized spacial score (nSPS) is 21.1. The second-order valence-electron chi connectivity index (χ2n) is 7.88. The molecule has 160 valence electrons. The molecule has 0 radical (unpaired) electrons. The van der Waals surface area contributed by atoms with E-state index in [4.69, 9.17) is 0 Å². The standard InChI is InChI=1S/C20H30N4O4S/c1-4-15(2)17-5-7-18(8-6-17)29(27,28)23-13-11-22(12-14-23)16(3)19(25)24-10-9-21-20(24)26/h5-8,15-16H,4,9-14H2,1-3H3,(H,21,26)/p+1/t15-,16-/m1/s1. The van der Waals surface area contributed by atoms with Crippen LogP contribution >= 0.6 is 0 Å². The van der Waals surface area contributed by atoms with Crippen LogP contribution in [0.2, 0.25) is 0 Å². The molecular formula is C20H31N4O4S+. The number of urea groups is 1. The molecule has 2 aliphatic heterocycles. The average Bonchev–Trinajstić information content (AvgIpc) is 3.18. The number of piperazine rings is 1. The van der Waals surface area contributed by atoms with Crippen LogP contribution in [0.4, 0.5) is 4.79 Å². The monoisotopic (exact) mass is 423 g/mol. The van der Waals surface area contributed by atoms with Gasteiger partial charge in [0, 0.05) is 13.1 Å². The zero-order valence-corrected chi connectivity index (χ0v) is 18.2. The van der Waals surface area contributed by atoms with E-state index in [1.807, 2.05) is 12.1 Å². The molecule has 0 bridgehead atoms. The van der Waals surface area contributed by atoms with Gasteiger partial charge in [0.15, 0.2) is 6.04 Å². The van der Waals surface area contributed by atoms with Crippen LogP contribution in [0.5, 0.6) is 0 Å². The fourth-order valence-corrected chi connectivity index (χ4v) is 5.33. The van der Waals surface area contributed by atoms with Crippen molar-refractivity contribution in [3.63, 3.8) is 0 Å². The number of rotatable bonds is 6. The van der Waals surface area contributed by atoms with Gasteiger partial charge in [-0.25, -0.2) is 13.2 Å². The number of nitrogens with one attached hydrogen (secondary N) is 2. The zero-order valence-electron chi connectivity index (χ0n) is 17.3. The third kappa shape index (κ3) is 4.46. The molecule has 2 saturated heterocycles. The number of carbonyl (C=O) groups excluding carboxylic acids is 2. The molecule has 2 fully saturated rings. The molecule has 2 aliphatic rings. The van der Waals surface area contributed by atoms with E-state index in [-0.39, 0.29) is 18.0 Å². The Kier molecular flexibility index (Phi) is 6.60. The second-order valence-corrected chi connectivity index (χ2v) is 9.82. The van der Waals surface area contributed by atoms with Gasteiger partial charge in [-0.15, -0.1) is 0 Å². The van der Waals surface area contributed by atoms with Crippen molar-refractivity contribution in [3.05, 3.63) is 29.8 Å². The van der Waals surface area contributed by atoms with Crippen molar-refractivity contribution in [2.45, 2.75) is 44.0 Å². The third-order valence-electron chi connectivity index (χ3n) is 6.17. The van der Waals surface area contributed by atoms with Gasteiger partial charge in [-0.3, -0.25) is 9.69 Å². The molecule has 1 aromatic carbocycles. The van der Waals surface area contributed by atoms with Crippen molar-refractivity contribution in [1.29, 1.82) is 0 Å². The first kappa shape index (κ1) is 21.7. The van der Waals surface area contributed by atoms with Gasteiger partial charge in [0.25, 0.3) is 5.91 Å². The van der Waals surface area contributed by atoms with Crippen LogP contribution in [-0.4, -0.2) is 74.9 Å². The van der Waals surface area contributed by atoms with Crippen LogP contribution in [0, 0.1) is 0 Å². The number of amides is 3. The molecule has 0 saturated carbocycles. The highest BCUT2D eigenvalue weighted by atomic mass is 32.2. The van der Waals surface area contributed by atoms with Gasteiger partial charge >= 0.3 is 6.03 Å². The van der Waals surface area contributed by atoms with Gasteiger partial charge in [-0.05, 0) is 37.0 Å². The summed E-state index contributed by atoms with van der Waals surface area (Å²) >= 11 is 0. The molecule has 0 spiro atoms. The Morgan fingerprint density at radius 2 is 1.76 bits per heavy atom. The Balaban J connectivity index is 1.62. The fourth-order valence-electron chi connectivity index (χ4n) is 3.89. The van der Waals surface area contributed by atoms with Crippen LogP contribution in [0.3, 0.4) is 0 Å². The smallest absolute Gasteiger partial charge is 0.324 e. The first-order valence-electron chi connectivity index (χ1n) is 10.3. The number of sulfonamides is 1. The van der Waals surface area contributed by atoms with Crippen LogP contribution in [-0.2, 0) is 14.8 Å². The van der Waals surface area contributed by atoms with E-state index < -0.39 is 10.0 Å². The second kappa shape index (κ2) is 8.81. The average molecular weight is 424 g/mol. The zero-order chi connectivity index (χ0) is 21.2. The Labute approximate surface area is 172 Å². The Hall–Kier alpha value is -1.97. The van der Waals surface area contributed by atoms with Crippen molar-refractivity contribution in [2.24, 2.45) is 0 Å². The van der Waals surface area contributed by atoms with E-state index in [9.17, 15) is 18.0 Å². The molecule has 3 rings (SSSR count). The molecule has 0 aromatic heterocycles. The van der Waals surface area contributed by atoms with E-state index in [1.54, 1.807) is 19.1 Å². The highest BCUT2D eigenvalue weighted by Gasteiger charge is 2.38. The summed E-state index contributed by atoms with van der Waals surface area (Å²) in [5.74, 6) is 0.197. The first-order valence-corrected chi connectivity index (χ1v) is 11.7. The topological polar surface area (TPSA) is 91.2 Å². The third-order valence-corrected chi connectivity index (χ3v) is 8.08. The van der Waals surface area contributed by atoms with Crippen LogP contribution in [0.25, 0.3) is 0 Å². The lowest BCUT2D eigenvalue weighted by molar-refractivity contribution is -0.917. The van der Waals surface area contributed by atoms with E-state index in [0.29, 0.717) is 50.1 Å². The Bertz CT molecular complexity index is 848. The molecule has 3 amide bonds. The quantitative estimate of drug-likeness (QED) is 0.675. The highest BCUT2D eigenvalue weighted by molar-refractivity contribution is 7.89. The minimum atomic E-state index is -3.54. The summed E-state index contributed by atoms with van der Waals surface area (Å²) in [5, 5.41) is 2.64. The minimum absolute atomic E-state index is 0.202. The largest absolute Gasteiger partial charge is 0.336 e. The molecule has 2 N–H and O–H groups in total. The predicted molar refractivity (Wildman–Crippen MR) is 109 cm³/mol. The number of nitrogens with zero attached hydrogens (tertiary/aromatic N) is 2. The molecule has 0 aliphatic carbocycles. The molecule has 1 aromatic rings. The van der Waals surface area contributed by atoms with E-state index in [0.717, 1.165) is 16.9 Å². The van der Waals surface area contributed by atoms with E-state index >= 15 is 0 Å². The maximum absolute atomic E-state index is 13.0. The number of imide groups is 1. The number of carbonyl (C=O) groups is 2. The summed E-state index contributed by atoms with van der Waals surface area (Å²) < 4.78 is 27.5. The van der Waals surface area contributed by atoms with Crippen molar-refractivity contribution >= 4 is 22.0 Å². The minimum Gasteiger partial charge on any atom is -0.336 e. The summed E-state index contributed by atoms with van der Waals surface area (Å²) in [6.07, 6.45) is 1.01. The highest BCUT2D eigenvalue weighted by Crippen LogP contribution is 2.22. The van der Waals surface area contributed by atoms with E-state index in [1.165, 1.54) is 9.21 Å². The Morgan fingerprint density at radius 1 is 1.14 bits per heavy atom. The first-order chi connectivity index (χ1) is 13.8. The van der Waals surface area contributed by atoms with Crippen molar-refractivity contribution in [3.8, 4) is 0 Å². The lowest BCUT2D eigenvalue weighted by Gasteiger charge is -2.34. The lowest BCUT2D eigenvalue weighted by atomic mass is 9.99. The lowest BCUT2D eigenvalue weighted by Crippen LogP contribution is -3.19. The maximum Gasteiger partial charge on any atom is 0.324 e. The van der Waals surface area contributed by atoms with Gasteiger partial charge in [0.1, 0.15) is 0 Å². The molecular weight excluding hydrogens is 392 g/mol. The van der Waals surface area contributed by atoms with Gasteiger partial charge < -0.3 is 10.2 Å². The van der Waals surface area contributed by atoms with Gasteiger partial charge in [0.2, 0.25) is 10.0 Å². The summed E-state index contributed by atoms with van der Waals surface area (Å²) in [4.78, 5) is 26.9. The molecule has 0 unspecified atom stereocenters. The van der Waals surface area contributed by atoms with Gasteiger partial charge in [-0.1, -0.05) is 26.0 Å². The van der Waals surface area contributed by atoms with Crippen molar-refractivity contribution in [2.75, 3.05) is 39.3 Å². The number of quaternary nitrogens is 1. The van der Waals surface area contributed by atoms with Crippen LogP contribution in [0.15, 0.2) is 29.2 Å². The summed E-state index contributed by atoms with van der Waals surface area (Å²) in [5.41, 5.74) is 1.14. The summed E-state index contributed by atoms with van der Waals surface area (Å²) in [6.45, 7) is 8.69. The number of hydrogen-bond acceptors (Lipinski definition) is 4. The van der Waals surface area contributed by atoms with Crippen LogP contribution < -0.4 is 10.2 Å². The number of hydrogen-bond donors (Lipinski definition) is 2. The molecule has 8 nitrogen and oxygen atoms in total. The summed E-state index contributed by atoms with van der Waals surface area (Å²) in [7, 11) is -3.54. The van der Waals surface area contributed by atoms with E-state index in [2.05, 4.69) is 19.2 Å². The van der Waals surface area contributed by atoms with Crippen molar-refractivity contribution in [1.82, 2.24) is 14.5 Å². The maximum atomic E-state index is 13.0. The Morgan fingerprint density at radius 3 is 2.28 bits per heavy atom.